The number of ether oxygens (including phenoxy) is 4. The van der Waals surface area contributed by atoms with E-state index in [0.29, 0.717) is 24.3 Å². The Bertz CT molecular complexity index is 2450. The van der Waals surface area contributed by atoms with E-state index in [1.54, 1.807) is 0 Å². The minimum absolute atomic E-state index is 0. The monoisotopic (exact) mass is 1090 g/mol. The summed E-state index contributed by atoms with van der Waals surface area (Å²) in [5, 5.41) is 15.9. The summed E-state index contributed by atoms with van der Waals surface area (Å²) in [5.74, 6) is -2.59. The van der Waals surface area contributed by atoms with Gasteiger partial charge in [0, 0.05) is 50.4 Å². The number of nitrogens with one attached hydrogen (secondary N) is 2. The molecule has 27 heteroatoms. The molecular formula is C41H41F14N4O8Pd-. The molecule has 0 bridgehead atoms. The van der Waals surface area contributed by atoms with Crippen molar-refractivity contribution in [3.05, 3.63) is 111 Å². The smallest absolute Gasteiger partial charge is 0.435 e. The van der Waals surface area contributed by atoms with Crippen molar-refractivity contribution in [1.29, 1.82) is 0 Å². The van der Waals surface area contributed by atoms with Crippen LogP contribution in [0.15, 0.2) is 48.5 Å². The topological polar surface area (TPSA) is 164 Å². The number of hydrogen-bond donors (Lipinski definition) is 3. The summed E-state index contributed by atoms with van der Waals surface area (Å²) in [7, 11) is 4.70. The van der Waals surface area contributed by atoms with E-state index in [1.165, 1.54) is 26.4 Å². The second kappa shape index (κ2) is 21.5. The molecular weight excluding hydrogens is 1050 g/mol. The molecule has 0 aliphatic heterocycles. The van der Waals surface area contributed by atoms with E-state index < -0.39 is 80.9 Å². The first-order chi connectivity index (χ1) is 30.1. The van der Waals surface area contributed by atoms with E-state index in [9.17, 15) is 81.2 Å². The molecule has 0 unspecified atom stereocenters. The molecule has 0 aromatic heterocycles. The van der Waals surface area contributed by atoms with Gasteiger partial charge in [0.15, 0.2) is 5.75 Å². The number of rotatable bonds is 11. The minimum Gasteiger partial charge on any atom is -0.496 e. The van der Waals surface area contributed by atoms with Gasteiger partial charge in [-0.1, -0.05) is 24.3 Å². The summed E-state index contributed by atoms with van der Waals surface area (Å²) in [6.07, 6.45) is -25.1. The summed E-state index contributed by atoms with van der Waals surface area (Å²) in [5.41, 5.74) is -11.4. The maximum absolute atomic E-state index is 14.4. The van der Waals surface area contributed by atoms with Crippen molar-refractivity contribution in [2.75, 3.05) is 44.8 Å². The van der Waals surface area contributed by atoms with Crippen LogP contribution in [0.4, 0.5) is 84.2 Å². The molecule has 12 nitrogen and oxygen atoms in total. The van der Waals surface area contributed by atoms with Crippen molar-refractivity contribution in [3.63, 3.8) is 0 Å². The number of carbonyl (C=O) groups is 2. The van der Waals surface area contributed by atoms with Crippen LogP contribution in [-0.2, 0) is 31.8 Å². The van der Waals surface area contributed by atoms with E-state index in [1.807, 2.05) is 0 Å². The van der Waals surface area contributed by atoms with E-state index in [0.717, 1.165) is 54.0 Å². The Balaban J connectivity index is 0.00000129. The van der Waals surface area contributed by atoms with Crippen molar-refractivity contribution in [2.45, 2.75) is 63.7 Å². The molecule has 0 saturated heterocycles. The molecule has 0 aliphatic rings. The number of amides is 2. The normalized spacial score (nSPS) is 12.0. The fraction of sp³-hybridized carbons (Fsp3) is 0.341. The van der Waals surface area contributed by atoms with Crippen LogP contribution in [0.25, 0.3) is 0 Å². The van der Waals surface area contributed by atoms with Crippen LogP contribution in [0.1, 0.15) is 55.5 Å². The number of carbonyl (C=O) groups excluding carboxylic acids is 2. The third-order valence-electron chi connectivity index (χ3n) is 9.65. The first-order valence-corrected chi connectivity index (χ1v) is 18.0. The van der Waals surface area contributed by atoms with Gasteiger partial charge in [0.05, 0.1) is 39.0 Å². The predicted molar refractivity (Wildman–Crippen MR) is 216 cm³/mol. The number of aryl methyl sites for hydroxylation is 4. The molecule has 0 aliphatic carbocycles. The van der Waals surface area contributed by atoms with Crippen molar-refractivity contribution in [1.82, 2.24) is 0 Å². The Morgan fingerprint density at radius 3 is 1.12 bits per heavy atom. The summed E-state index contributed by atoms with van der Waals surface area (Å²) < 4.78 is 206. The number of benzene rings is 4. The van der Waals surface area contributed by atoms with Crippen LogP contribution < -0.4 is 35.3 Å². The number of nitrogens with zero attached hydrogens (tertiary/aromatic N) is 1. The summed E-state index contributed by atoms with van der Waals surface area (Å²) in [6, 6.07) is 6.29. The van der Waals surface area contributed by atoms with Crippen LogP contribution in [0.5, 0.6) is 23.0 Å². The van der Waals surface area contributed by atoms with Gasteiger partial charge in [-0.2, -0.15) is 52.7 Å². The molecule has 0 heterocycles. The van der Waals surface area contributed by atoms with Gasteiger partial charge in [0.1, 0.15) is 22.6 Å². The Morgan fingerprint density at radius 2 is 0.853 bits per heavy atom. The minimum atomic E-state index is -6.31. The van der Waals surface area contributed by atoms with E-state index in [4.69, 9.17) is 24.7 Å². The first-order valence-electron chi connectivity index (χ1n) is 18.0. The Labute approximate surface area is 392 Å². The number of nitro benzene ring substituents is 1. The molecule has 382 valence electrons. The second-order valence-electron chi connectivity index (χ2n) is 13.9. The molecule has 4 aromatic rings. The average molecular weight is 1090 g/mol. The van der Waals surface area contributed by atoms with Crippen molar-refractivity contribution >= 4 is 34.6 Å². The molecule has 0 saturated carbocycles. The molecule has 0 spiro atoms. The Kier molecular flexibility index (Phi) is 18.9. The fourth-order valence-corrected chi connectivity index (χ4v) is 6.52. The SMILES string of the molecule is COc1ccc(N)c(OC)c1C(=O)Nc1c(C)cc(C(F)(C(F)(F)F)C(F)(F)F)cc1C.COc1ccc([N+](=O)[O-])c(OC)c1C(=O)Nc1c(C)cc(C(F)(C(F)(F)F)C(F)(F)F)cc1C.[CH3-].[HH].[Pd]. The number of hydrogen-bond acceptors (Lipinski definition) is 9. The molecule has 2 amide bonds. The quantitative estimate of drug-likeness (QED) is 0.0331. The Morgan fingerprint density at radius 1 is 0.559 bits per heavy atom. The number of anilines is 3. The number of nitrogen functional groups attached to an aromatic ring is 1. The zero-order valence-electron chi connectivity index (χ0n) is 36.5. The third-order valence-corrected chi connectivity index (χ3v) is 9.65. The number of alkyl halides is 14. The van der Waals surface area contributed by atoms with Gasteiger partial charge in [-0.15, -0.1) is 0 Å². The van der Waals surface area contributed by atoms with Crippen molar-refractivity contribution in [2.24, 2.45) is 0 Å². The van der Waals surface area contributed by atoms with E-state index >= 15 is 0 Å². The zero-order valence-corrected chi connectivity index (χ0v) is 38.1. The van der Waals surface area contributed by atoms with Gasteiger partial charge in [-0.05, 0) is 68.1 Å². The molecule has 4 rings (SSSR count). The molecule has 4 aromatic carbocycles. The summed E-state index contributed by atoms with van der Waals surface area (Å²) in [6.45, 7) is 4.38. The molecule has 0 fully saturated rings. The second-order valence-corrected chi connectivity index (χ2v) is 13.9. The van der Waals surface area contributed by atoms with Crippen LogP contribution in [0.2, 0.25) is 0 Å². The van der Waals surface area contributed by atoms with Gasteiger partial charge < -0.3 is 42.7 Å². The summed E-state index contributed by atoms with van der Waals surface area (Å²) >= 11 is 0. The van der Waals surface area contributed by atoms with Gasteiger partial charge in [0.2, 0.25) is 5.75 Å². The summed E-state index contributed by atoms with van der Waals surface area (Å²) in [4.78, 5) is 36.2. The van der Waals surface area contributed by atoms with Crippen LogP contribution in [0.3, 0.4) is 0 Å². The van der Waals surface area contributed by atoms with Crippen LogP contribution >= 0.6 is 0 Å². The van der Waals surface area contributed by atoms with Gasteiger partial charge in [-0.25, -0.2) is 8.78 Å². The van der Waals surface area contributed by atoms with Crippen LogP contribution in [0, 0.1) is 45.2 Å². The van der Waals surface area contributed by atoms with E-state index in [2.05, 4.69) is 10.6 Å². The van der Waals surface area contributed by atoms with Gasteiger partial charge >= 0.3 is 41.7 Å². The largest absolute Gasteiger partial charge is 0.496 e. The third kappa shape index (κ3) is 11.3. The number of nitro groups is 1. The number of methoxy groups -OCH3 is 4. The zero-order chi connectivity index (χ0) is 50.9. The van der Waals surface area contributed by atoms with Crippen molar-refractivity contribution < 1.29 is 117 Å². The fourth-order valence-electron chi connectivity index (χ4n) is 6.52. The molecule has 68 heavy (non-hydrogen) atoms. The molecule has 4 N–H and O–H groups in total. The maximum Gasteiger partial charge on any atom is 0.435 e. The maximum atomic E-state index is 14.4. The predicted octanol–water partition coefficient (Wildman–Crippen LogP) is 11.9. The first kappa shape index (κ1) is 59.9. The van der Waals surface area contributed by atoms with E-state index in [-0.39, 0.29) is 91.4 Å². The standard InChI is InChI=1S/C20H17F7N2O5.C20H19F7N2O3.CH3.Pd.H2/c1-9-7-11(18(21,19(22,23)24)20(25,26)27)8-10(2)15(9)28-17(30)14-13(33-3)6-5-12(29(31)32)16(14)34-4;1-9-7-11(18(21,19(22,23)24)20(25,26)27)8-10(2)15(9)29-17(30)14-13(31-3)6-5-12(28)16(14)32-4;;;/h5-8H,1-4H3,(H,28,30);5-8H,28H2,1-4H3,(H,29,30);1H3;;1H/q;;-1;;. The number of halogens is 14. The molecule has 0 atom stereocenters. The average Bonchev–Trinajstić information content (AvgIpc) is 3.20. The van der Waals surface area contributed by atoms with Crippen LogP contribution in [-0.4, -0.2) is 69.9 Å². The van der Waals surface area contributed by atoms with Gasteiger partial charge in [0.25, 0.3) is 11.8 Å². The Hall–Kier alpha value is -6.10. The van der Waals surface area contributed by atoms with Crippen molar-refractivity contribution in [3.8, 4) is 23.0 Å². The van der Waals surface area contributed by atoms with Gasteiger partial charge in [-0.3, -0.25) is 19.7 Å². The molecule has 0 radical (unpaired) electrons. The number of nitrogens with two attached hydrogens (primary N) is 1.